The van der Waals surface area contributed by atoms with Crippen molar-refractivity contribution in [2.24, 2.45) is 9.98 Å². The van der Waals surface area contributed by atoms with Gasteiger partial charge >= 0.3 is 0 Å². The van der Waals surface area contributed by atoms with Crippen molar-refractivity contribution in [3.05, 3.63) is 60.4 Å². The smallest absolute Gasteiger partial charge is 0.222 e. The third-order valence-electron chi connectivity index (χ3n) is 5.17. The van der Waals surface area contributed by atoms with Gasteiger partial charge in [-0.05, 0) is 44.2 Å². The Kier molecular flexibility index (Phi) is 5.89. The Hall–Kier alpha value is -3.75. The van der Waals surface area contributed by atoms with Gasteiger partial charge in [-0.25, -0.2) is 18.8 Å². The van der Waals surface area contributed by atoms with Crippen molar-refractivity contribution in [3.8, 4) is 5.75 Å². The number of nitrogens with one attached hydrogen (secondary N) is 2. The van der Waals surface area contributed by atoms with Crippen LogP contribution in [0, 0.1) is 5.82 Å². The number of aliphatic imine (C=N–C) groups is 2. The highest BCUT2D eigenvalue weighted by Crippen LogP contribution is 2.37. The molecule has 2 aromatic carbocycles. The Morgan fingerprint density at radius 3 is 2.84 bits per heavy atom. The van der Waals surface area contributed by atoms with Gasteiger partial charge in [0.15, 0.2) is 11.6 Å². The number of hydrogen-bond acceptors (Lipinski definition) is 4. The molecule has 0 saturated carbocycles. The van der Waals surface area contributed by atoms with Crippen molar-refractivity contribution in [1.82, 2.24) is 9.97 Å². The normalized spacial score (nSPS) is 14.5. The van der Waals surface area contributed by atoms with Crippen molar-refractivity contribution in [1.29, 1.82) is 0 Å². The van der Waals surface area contributed by atoms with Crippen LogP contribution in [0.4, 0.5) is 20.2 Å². The first-order valence-electron chi connectivity index (χ1n) is 10.2. The van der Waals surface area contributed by atoms with Gasteiger partial charge < -0.3 is 19.9 Å². The summed E-state index contributed by atoms with van der Waals surface area (Å²) < 4.78 is 34.9. The van der Waals surface area contributed by atoms with E-state index in [1.807, 2.05) is 36.9 Å². The van der Waals surface area contributed by atoms with Crippen molar-refractivity contribution in [2.45, 2.75) is 19.9 Å². The molecule has 0 fully saturated rings. The van der Waals surface area contributed by atoms with Gasteiger partial charge in [0, 0.05) is 24.3 Å². The number of fused-ring (bicyclic) bond motifs is 2. The van der Waals surface area contributed by atoms with Crippen LogP contribution < -0.4 is 15.0 Å². The van der Waals surface area contributed by atoms with Crippen molar-refractivity contribution < 1.29 is 13.5 Å². The predicted octanol–water partition coefficient (Wildman–Crippen LogP) is 4.68. The largest absolute Gasteiger partial charge is 0.486 e. The van der Waals surface area contributed by atoms with E-state index in [2.05, 4.69) is 31.8 Å². The second-order valence-electron chi connectivity index (χ2n) is 7.61. The fourth-order valence-corrected chi connectivity index (χ4v) is 3.64. The van der Waals surface area contributed by atoms with E-state index in [1.54, 1.807) is 12.4 Å². The second kappa shape index (κ2) is 8.78. The van der Waals surface area contributed by atoms with Crippen LogP contribution >= 0.6 is 0 Å². The minimum atomic E-state index is -0.802. The summed E-state index contributed by atoms with van der Waals surface area (Å²) in [7, 11) is 1.53. The van der Waals surface area contributed by atoms with E-state index in [0.717, 1.165) is 11.0 Å². The second-order valence-corrected chi connectivity index (χ2v) is 7.61. The average molecular weight is 438 g/mol. The van der Waals surface area contributed by atoms with Gasteiger partial charge in [0.2, 0.25) is 5.96 Å². The monoisotopic (exact) mass is 438 g/mol. The van der Waals surface area contributed by atoms with Gasteiger partial charge in [0.05, 0.1) is 29.6 Å². The molecule has 0 amide bonds. The van der Waals surface area contributed by atoms with E-state index in [1.165, 1.54) is 13.1 Å². The first kappa shape index (κ1) is 21.5. The van der Waals surface area contributed by atoms with E-state index in [9.17, 15) is 8.78 Å². The summed E-state index contributed by atoms with van der Waals surface area (Å²) in [4.78, 5) is 17.6. The molecule has 7 nitrogen and oxygen atoms in total. The zero-order valence-corrected chi connectivity index (χ0v) is 18.1. The molecule has 2 N–H and O–H groups in total. The lowest BCUT2D eigenvalue weighted by Gasteiger charge is -2.34. The zero-order chi connectivity index (χ0) is 22.8. The number of halogens is 2. The lowest BCUT2D eigenvalue weighted by Crippen LogP contribution is -2.38. The number of rotatable bonds is 4. The van der Waals surface area contributed by atoms with E-state index < -0.39 is 11.6 Å². The van der Waals surface area contributed by atoms with Gasteiger partial charge in [-0.15, -0.1) is 0 Å². The lowest BCUT2D eigenvalue weighted by molar-refractivity contribution is 0.287. The number of guanidine groups is 1. The number of aromatic amines is 1. The summed E-state index contributed by atoms with van der Waals surface area (Å²) in [5, 5.41) is 3.05. The predicted molar refractivity (Wildman–Crippen MR) is 124 cm³/mol. The Labute approximate surface area is 184 Å². The van der Waals surface area contributed by atoms with Gasteiger partial charge in [0.25, 0.3) is 0 Å². The molecule has 3 aromatic rings. The van der Waals surface area contributed by atoms with Crippen LogP contribution in [0.3, 0.4) is 0 Å². The van der Waals surface area contributed by atoms with Crippen LogP contribution in [0.15, 0.2) is 59.0 Å². The minimum absolute atomic E-state index is 0.114. The highest BCUT2D eigenvalue weighted by Gasteiger charge is 2.26. The number of nitrogens with zero attached hydrogens (tertiary/aromatic N) is 4. The maximum Gasteiger partial charge on any atom is 0.222 e. The van der Waals surface area contributed by atoms with Crippen LogP contribution in [0.1, 0.15) is 19.4 Å². The molecular weight excluding hydrogens is 414 g/mol. The van der Waals surface area contributed by atoms with E-state index in [0.29, 0.717) is 24.5 Å². The fraction of sp³-hybridized carbons (Fsp3) is 0.261. The number of aromatic nitrogens is 2. The van der Waals surface area contributed by atoms with E-state index in [4.69, 9.17) is 4.74 Å². The molecule has 1 aliphatic heterocycles. The summed E-state index contributed by atoms with van der Waals surface area (Å²) in [5.74, 6) is -1.07. The number of H-pyrrole nitrogens is 1. The van der Waals surface area contributed by atoms with Crippen molar-refractivity contribution in [3.63, 3.8) is 0 Å². The lowest BCUT2D eigenvalue weighted by atomic mass is 10.1. The molecule has 0 spiro atoms. The molecule has 9 heteroatoms. The molecule has 32 heavy (non-hydrogen) atoms. The number of ether oxygens (including phenoxy) is 1. The summed E-state index contributed by atoms with van der Waals surface area (Å²) in [6.07, 6.45) is 1.60. The van der Waals surface area contributed by atoms with Crippen molar-refractivity contribution >= 4 is 34.1 Å². The molecule has 166 valence electrons. The van der Waals surface area contributed by atoms with E-state index >= 15 is 0 Å². The standard InChI is InChI=1S/C23H24F2N6O/c1-13(2)31-7-8-32-22-17(25)9-15(10-20(22)31)21(14(3)24)30-23(26-4)29-16-5-6-18-19(11-16)28-12-27-18/h5-6,9-13H,3,7-8H2,1-2,4H3,(H,26,29)(H,27,28)/b30-21+. The molecule has 2 heterocycles. The summed E-state index contributed by atoms with van der Waals surface area (Å²) in [6, 6.07) is 8.47. The Balaban J connectivity index is 1.71. The van der Waals surface area contributed by atoms with Gasteiger partial charge in [-0.1, -0.05) is 6.58 Å². The molecule has 4 rings (SSSR count). The quantitative estimate of drug-likeness (QED) is 0.458. The molecule has 1 aromatic heterocycles. The Bertz CT molecular complexity index is 1230. The topological polar surface area (TPSA) is 77.9 Å². The maximum atomic E-state index is 14.9. The van der Waals surface area contributed by atoms with Crippen LogP contribution in [0.25, 0.3) is 11.0 Å². The van der Waals surface area contributed by atoms with Gasteiger partial charge in [0.1, 0.15) is 18.1 Å². The van der Waals surface area contributed by atoms with Crippen molar-refractivity contribution in [2.75, 3.05) is 30.4 Å². The third-order valence-corrected chi connectivity index (χ3v) is 5.17. The van der Waals surface area contributed by atoms with Crippen LogP contribution in [0.5, 0.6) is 5.75 Å². The van der Waals surface area contributed by atoms with Gasteiger partial charge in [-0.3, -0.25) is 4.99 Å². The van der Waals surface area contributed by atoms with E-state index in [-0.39, 0.29) is 29.0 Å². The average Bonchev–Trinajstić information content (AvgIpc) is 3.23. The highest BCUT2D eigenvalue weighted by molar-refractivity contribution is 6.17. The van der Waals surface area contributed by atoms with Crippen LogP contribution in [-0.4, -0.2) is 47.9 Å². The molecular formula is C23H24F2N6O. The number of benzene rings is 2. The minimum Gasteiger partial charge on any atom is -0.486 e. The Morgan fingerprint density at radius 2 is 2.12 bits per heavy atom. The molecule has 0 unspecified atom stereocenters. The summed E-state index contributed by atoms with van der Waals surface area (Å²) in [5.41, 5.74) is 3.02. The SMILES string of the molecule is C=C(F)/C(=N\C(=N/C)Nc1ccc2nc[nH]c2c1)c1cc(F)c2c(c1)N(C(C)C)CCO2. The first-order valence-corrected chi connectivity index (χ1v) is 10.2. The fourth-order valence-electron chi connectivity index (χ4n) is 3.64. The number of anilines is 2. The van der Waals surface area contributed by atoms with Gasteiger partial charge in [-0.2, -0.15) is 0 Å². The molecule has 0 bridgehead atoms. The number of hydrogen-bond donors (Lipinski definition) is 2. The summed E-state index contributed by atoms with van der Waals surface area (Å²) in [6.45, 7) is 8.40. The molecule has 0 radical (unpaired) electrons. The molecule has 0 aliphatic carbocycles. The Morgan fingerprint density at radius 1 is 1.31 bits per heavy atom. The number of imidazole rings is 1. The zero-order valence-electron chi connectivity index (χ0n) is 18.1. The maximum absolute atomic E-state index is 14.9. The molecule has 0 atom stereocenters. The number of allylic oxidation sites excluding steroid dienone is 1. The van der Waals surface area contributed by atoms with Crippen LogP contribution in [-0.2, 0) is 0 Å². The highest BCUT2D eigenvalue weighted by atomic mass is 19.1. The first-order chi connectivity index (χ1) is 15.4. The third kappa shape index (κ3) is 4.18. The van der Waals surface area contributed by atoms with Crippen LogP contribution in [0.2, 0.25) is 0 Å². The molecule has 0 saturated heterocycles. The summed E-state index contributed by atoms with van der Waals surface area (Å²) >= 11 is 0. The molecule has 1 aliphatic rings.